The topological polar surface area (TPSA) is 43.8 Å². The van der Waals surface area contributed by atoms with Gasteiger partial charge in [-0.1, -0.05) is 13.3 Å². The van der Waals surface area contributed by atoms with Crippen LogP contribution in [0.5, 0.6) is 0 Å². The van der Waals surface area contributed by atoms with E-state index >= 15 is 0 Å². The molecule has 0 spiro atoms. The van der Waals surface area contributed by atoms with Crippen LogP contribution in [0.2, 0.25) is 0 Å². The predicted octanol–water partition coefficient (Wildman–Crippen LogP) is 2.88. The van der Waals surface area contributed by atoms with E-state index in [2.05, 4.69) is 30.6 Å². The Morgan fingerprint density at radius 2 is 1.93 bits per heavy atom. The largest absolute Gasteiger partial charge is 0.324 e. The van der Waals surface area contributed by atoms with Crippen LogP contribution in [0.25, 0.3) is 0 Å². The molecule has 0 saturated carbocycles. The van der Waals surface area contributed by atoms with Crippen molar-refractivity contribution in [2.24, 2.45) is 5.73 Å². The summed E-state index contributed by atoms with van der Waals surface area (Å²) in [5.74, 6) is 0. The highest BCUT2D eigenvalue weighted by atomic mass is 15.3. The number of hydrogen-bond donors (Lipinski definition) is 1. The van der Waals surface area contributed by atoms with Crippen molar-refractivity contribution in [2.45, 2.75) is 59.5 Å². The molecular weight excluding hydrogens is 186 g/mol. The Morgan fingerprint density at radius 3 is 2.33 bits per heavy atom. The third-order valence-corrected chi connectivity index (χ3v) is 2.96. The summed E-state index contributed by atoms with van der Waals surface area (Å²) in [6, 6.07) is 0.550. The lowest BCUT2D eigenvalue weighted by molar-refractivity contribution is 0.443. The SMILES string of the molecule is CCCC(C)n1nc(C)c(C(C)N)c1C. The quantitative estimate of drug-likeness (QED) is 0.828. The number of rotatable bonds is 4. The van der Waals surface area contributed by atoms with Crippen molar-refractivity contribution < 1.29 is 0 Å². The van der Waals surface area contributed by atoms with Crippen LogP contribution in [-0.2, 0) is 0 Å². The molecule has 0 aromatic carbocycles. The zero-order valence-corrected chi connectivity index (χ0v) is 10.5. The van der Waals surface area contributed by atoms with Crippen molar-refractivity contribution in [3.63, 3.8) is 0 Å². The lowest BCUT2D eigenvalue weighted by Gasteiger charge is -2.14. The highest BCUT2D eigenvalue weighted by Crippen LogP contribution is 2.23. The third kappa shape index (κ3) is 2.40. The van der Waals surface area contributed by atoms with E-state index in [1.807, 2.05) is 13.8 Å². The maximum Gasteiger partial charge on any atom is 0.0644 e. The van der Waals surface area contributed by atoms with Crippen molar-refractivity contribution in [2.75, 3.05) is 0 Å². The number of nitrogens with zero attached hydrogens (tertiary/aromatic N) is 2. The molecule has 2 unspecified atom stereocenters. The van der Waals surface area contributed by atoms with E-state index < -0.39 is 0 Å². The van der Waals surface area contributed by atoms with Gasteiger partial charge in [-0.2, -0.15) is 5.10 Å². The minimum atomic E-state index is 0.0765. The van der Waals surface area contributed by atoms with E-state index in [0.717, 1.165) is 5.69 Å². The number of aryl methyl sites for hydroxylation is 1. The van der Waals surface area contributed by atoms with Crippen LogP contribution in [0.4, 0.5) is 0 Å². The van der Waals surface area contributed by atoms with Gasteiger partial charge in [-0.25, -0.2) is 0 Å². The molecule has 0 bridgehead atoms. The van der Waals surface area contributed by atoms with Gasteiger partial charge < -0.3 is 5.73 Å². The van der Waals surface area contributed by atoms with Crippen LogP contribution < -0.4 is 5.73 Å². The minimum absolute atomic E-state index is 0.0765. The lowest BCUT2D eigenvalue weighted by Crippen LogP contribution is -2.11. The van der Waals surface area contributed by atoms with E-state index in [1.165, 1.54) is 24.1 Å². The van der Waals surface area contributed by atoms with Gasteiger partial charge in [0.15, 0.2) is 0 Å². The van der Waals surface area contributed by atoms with E-state index in [1.54, 1.807) is 0 Å². The van der Waals surface area contributed by atoms with Gasteiger partial charge in [0, 0.05) is 23.3 Å². The maximum absolute atomic E-state index is 5.95. The van der Waals surface area contributed by atoms with Crippen LogP contribution in [0, 0.1) is 13.8 Å². The van der Waals surface area contributed by atoms with Crippen LogP contribution in [0.15, 0.2) is 0 Å². The van der Waals surface area contributed by atoms with Gasteiger partial charge >= 0.3 is 0 Å². The Kier molecular flexibility index (Phi) is 3.91. The van der Waals surface area contributed by atoms with Gasteiger partial charge in [-0.3, -0.25) is 4.68 Å². The average Bonchev–Trinajstić information content (AvgIpc) is 2.42. The standard InChI is InChI=1S/C12H23N3/c1-6-7-8(2)15-11(5)12(9(3)13)10(4)14-15/h8-9H,6-7,13H2,1-5H3. The molecule has 3 heteroatoms. The molecule has 0 aliphatic carbocycles. The number of hydrogen-bond acceptors (Lipinski definition) is 2. The zero-order chi connectivity index (χ0) is 11.6. The molecule has 2 N–H and O–H groups in total. The molecule has 0 amide bonds. The molecule has 86 valence electrons. The van der Waals surface area contributed by atoms with E-state index in [9.17, 15) is 0 Å². The smallest absolute Gasteiger partial charge is 0.0644 e. The average molecular weight is 209 g/mol. The van der Waals surface area contributed by atoms with Crippen molar-refractivity contribution in [1.29, 1.82) is 0 Å². The van der Waals surface area contributed by atoms with Crippen LogP contribution in [0.1, 0.15) is 62.6 Å². The summed E-state index contributed by atoms with van der Waals surface area (Å²) in [6.07, 6.45) is 2.35. The first-order valence-corrected chi connectivity index (χ1v) is 5.80. The highest BCUT2D eigenvalue weighted by Gasteiger charge is 2.17. The molecule has 1 rings (SSSR count). The second-order valence-corrected chi connectivity index (χ2v) is 4.46. The molecule has 0 aliphatic heterocycles. The molecule has 1 aromatic rings. The van der Waals surface area contributed by atoms with Gasteiger partial charge in [0.25, 0.3) is 0 Å². The molecule has 0 aliphatic rings. The summed E-state index contributed by atoms with van der Waals surface area (Å²) in [4.78, 5) is 0. The molecule has 0 saturated heterocycles. The fourth-order valence-electron chi connectivity index (χ4n) is 2.30. The first-order valence-electron chi connectivity index (χ1n) is 5.80. The Bertz CT molecular complexity index is 326. The summed E-state index contributed by atoms with van der Waals surface area (Å²) < 4.78 is 2.12. The fraction of sp³-hybridized carbons (Fsp3) is 0.750. The monoisotopic (exact) mass is 209 g/mol. The van der Waals surface area contributed by atoms with E-state index in [-0.39, 0.29) is 6.04 Å². The predicted molar refractivity (Wildman–Crippen MR) is 63.9 cm³/mol. The Morgan fingerprint density at radius 1 is 1.33 bits per heavy atom. The minimum Gasteiger partial charge on any atom is -0.324 e. The van der Waals surface area contributed by atoms with Gasteiger partial charge in [0.2, 0.25) is 0 Å². The third-order valence-electron chi connectivity index (χ3n) is 2.96. The molecule has 0 fully saturated rings. The lowest BCUT2D eigenvalue weighted by atomic mass is 10.1. The van der Waals surface area contributed by atoms with Crippen LogP contribution >= 0.6 is 0 Å². The molecule has 2 atom stereocenters. The molecule has 3 nitrogen and oxygen atoms in total. The summed E-state index contributed by atoms with van der Waals surface area (Å²) >= 11 is 0. The summed E-state index contributed by atoms with van der Waals surface area (Å²) in [5.41, 5.74) is 9.46. The summed E-state index contributed by atoms with van der Waals surface area (Å²) in [7, 11) is 0. The Labute approximate surface area is 92.7 Å². The Balaban J connectivity index is 3.06. The van der Waals surface area contributed by atoms with Gasteiger partial charge in [0.1, 0.15) is 0 Å². The first-order chi connectivity index (χ1) is 6.99. The summed E-state index contributed by atoms with van der Waals surface area (Å²) in [5, 5.41) is 4.59. The van der Waals surface area contributed by atoms with Crippen molar-refractivity contribution in [3.05, 3.63) is 17.0 Å². The number of aromatic nitrogens is 2. The van der Waals surface area contributed by atoms with E-state index in [0.29, 0.717) is 6.04 Å². The van der Waals surface area contributed by atoms with Crippen molar-refractivity contribution in [3.8, 4) is 0 Å². The Hall–Kier alpha value is -0.830. The highest BCUT2D eigenvalue weighted by molar-refractivity contribution is 5.27. The van der Waals surface area contributed by atoms with Crippen molar-refractivity contribution >= 4 is 0 Å². The number of nitrogens with two attached hydrogens (primary N) is 1. The molecule has 1 aromatic heterocycles. The van der Waals surface area contributed by atoms with Gasteiger partial charge in [-0.15, -0.1) is 0 Å². The molecule has 1 heterocycles. The van der Waals surface area contributed by atoms with Crippen LogP contribution in [-0.4, -0.2) is 9.78 Å². The zero-order valence-electron chi connectivity index (χ0n) is 10.5. The second-order valence-electron chi connectivity index (χ2n) is 4.46. The van der Waals surface area contributed by atoms with Crippen molar-refractivity contribution in [1.82, 2.24) is 9.78 Å². The van der Waals surface area contributed by atoms with Gasteiger partial charge in [0.05, 0.1) is 5.69 Å². The fourth-order valence-corrected chi connectivity index (χ4v) is 2.30. The van der Waals surface area contributed by atoms with Gasteiger partial charge in [-0.05, 0) is 34.1 Å². The molecular formula is C12H23N3. The second kappa shape index (κ2) is 4.79. The molecule has 15 heavy (non-hydrogen) atoms. The summed E-state index contributed by atoms with van der Waals surface area (Å²) in [6.45, 7) is 10.6. The normalized spacial score (nSPS) is 15.3. The maximum atomic E-state index is 5.95. The molecule has 0 radical (unpaired) electrons. The first kappa shape index (κ1) is 12.2. The van der Waals surface area contributed by atoms with E-state index in [4.69, 9.17) is 5.73 Å². The van der Waals surface area contributed by atoms with Crippen LogP contribution in [0.3, 0.4) is 0 Å².